The van der Waals surface area contributed by atoms with Crippen LogP contribution in [0, 0.1) is 5.82 Å². The highest BCUT2D eigenvalue weighted by Crippen LogP contribution is 2.26. The predicted octanol–water partition coefficient (Wildman–Crippen LogP) is 2.37. The summed E-state index contributed by atoms with van der Waals surface area (Å²) in [7, 11) is 0. The molecule has 0 unspecified atom stereocenters. The summed E-state index contributed by atoms with van der Waals surface area (Å²) in [5.74, 6) is 0.120. The molecule has 0 atom stereocenters. The lowest BCUT2D eigenvalue weighted by Crippen LogP contribution is -2.20. The first-order valence-electron chi connectivity index (χ1n) is 6.25. The molecule has 8 heteroatoms. The molecular formula is C12H15ClFN5S. The molecule has 0 saturated carbocycles. The third-order valence-electron chi connectivity index (χ3n) is 2.64. The SMILES string of the molecule is CCNCCn1nnnc1SCc1cccc(F)c1Cl. The average molecular weight is 316 g/mol. The van der Waals surface area contributed by atoms with Crippen molar-refractivity contribution in [2.75, 3.05) is 13.1 Å². The van der Waals surface area contributed by atoms with Gasteiger partial charge in [0.25, 0.3) is 0 Å². The minimum Gasteiger partial charge on any atom is -0.315 e. The highest BCUT2D eigenvalue weighted by atomic mass is 35.5. The fourth-order valence-corrected chi connectivity index (χ4v) is 2.77. The number of benzene rings is 1. The van der Waals surface area contributed by atoms with E-state index in [-0.39, 0.29) is 5.02 Å². The molecule has 1 N–H and O–H groups in total. The van der Waals surface area contributed by atoms with Crippen molar-refractivity contribution in [2.24, 2.45) is 0 Å². The van der Waals surface area contributed by atoms with Gasteiger partial charge in [-0.05, 0) is 28.6 Å². The summed E-state index contributed by atoms with van der Waals surface area (Å²) in [6.07, 6.45) is 0. The van der Waals surface area contributed by atoms with Crippen LogP contribution in [0.3, 0.4) is 0 Å². The van der Waals surface area contributed by atoms with Crippen molar-refractivity contribution in [2.45, 2.75) is 24.4 Å². The third kappa shape index (κ3) is 3.91. The molecule has 2 aromatic rings. The van der Waals surface area contributed by atoms with Gasteiger partial charge in [-0.15, -0.1) is 5.10 Å². The van der Waals surface area contributed by atoms with E-state index in [1.165, 1.54) is 17.8 Å². The lowest BCUT2D eigenvalue weighted by molar-refractivity contribution is 0.517. The fourth-order valence-electron chi connectivity index (χ4n) is 1.60. The molecule has 0 saturated heterocycles. The van der Waals surface area contributed by atoms with Crippen LogP contribution in [0.15, 0.2) is 23.4 Å². The van der Waals surface area contributed by atoms with Gasteiger partial charge in [-0.1, -0.05) is 42.4 Å². The van der Waals surface area contributed by atoms with Gasteiger partial charge in [0.05, 0.1) is 11.6 Å². The van der Waals surface area contributed by atoms with Crippen molar-refractivity contribution >= 4 is 23.4 Å². The number of nitrogens with zero attached hydrogens (tertiary/aromatic N) is 4. The second kappa shape index (κ2) is 7.56. The Bertz CT molecular complexity index is 563. The molecule has 2 rings (SSSR count). The van der Waals surface area contributed by atoms with E-state index in [9.17, 15) is 4.39 Å². The summed E-state index contributed by atoms with van der Waals surface area (Å²) in [5, 5.41) is 15.6. The first-order chi connectivity index (χ1) is 9.72. The molecule has 0 spiro atoms. The Morgan fingerprint density at radius 1 is 1.45 bits per heavy atom. The average Bonchev–Trinajstić information content (AvgIpc) is 2.88. The van der Waals surface area contributed by atoms with E-state index in [4.69, 9.17) is 11.6 Å². The largest absolute Gasteiger partial charge is 0.315 e. The minimum atomic E-state index is -0.406. The Morgan fingerprint density at radius 2 is 2.30 bits per heavy atom. The zero-order chi connectivity index (χ0) is 14.4. The van der Waals surface area contributed by atoms with Crippen LogP contribution in [-0.2, 0) is 12.3 Å². The van der Waals surface area contributed by atoms with E-state index in [1.807, 2.05) is 6.92 Å². The number of nitrogens with one attached hydrogen (secondary N) is 1. The molecule has 0 bridgehead atoms. The maximum atomic E-state index is 13.3. The van der Waals surface area contributed by atoms with E-state index in [0.717, 1.165) is 18.7 Å². The molecule has 0 radical (unpaired) electrons. The molecule has 0 aliphatic rings. The second-order valence-electron chi connectivity index (χ2n) is 4.04. The number of thioether (sulfide) groups is 1. The Hall–Kier alpha value is -1.18. The van der Waals surface area contributed by atoms with E-state index in [2.05, 4.69) is 20.8 Å². The van der Waals surface area contributed by atoms with E-state index in [0.29, 0.717) is 17.5 Å². The summed E-state index contributed by atoms with van der Waals surface area (Å²) in [6.45, 7) is 4.45. The molecule has 5 nitrogen and oxygen atoms in total. The Balaban J connectivity index is 1.97. The van der Waals surface area contributed by atoms with Gasteiger partial charge in [-0.2, -0.15) is 0 Å². The molecule has 0 aliphatic heterocycles. The van der Waals surface area contributed by atoms with Crippen LogP contribution in [0.2, 0.25) is 5.02 Å². The van der Waals surface area contributed by atoms with Gasteiger partial charge in [-0.3, -0.25) is 0 Å². The monoisotopic (exact) mass is 315 g/mol. The van der Waals surface area contributed by atoms with Gasteiger partial charge in [0.2, 0.25) is 5.16 Å². The number of hydrogen-bond acceptors (Lipinski definition) is 5. The first kappa shape index (κ1) is 15.2. The summed E-state index contributed by atoms with van der Waals surface area (Å²) >= 11 is 7.35. The highest BCUT2D eigenvalue weighted by molar-refractivity contribution is 7.98. The maximum Gasteiger partial charge on any atom is 0.209 e. The van der Waals surface area contributed by atoms with E-state index in [1.54, 1.807) is 16.8 Å². The normalized spacial score (nSPS) is 10.9. The van der Waals surface area contributed by atoms with Crippen LogP contribution < -0.4 is 5.32 Å². The number of tetrazole rings is 1. The van der Waals surface area contributed by atoms with Crippen LogP contribution in [0.5, 0.6) is 0 Å². The van der Waals surface area contributed by atoms with Gasteiger partial charge >= 0.3 is 0 Å². The molecule has 1 heterocycles. The van der Waals surface area contributed by atoms with Gasteiger partial charge < -0.3 is 5.32 Å². The highest BCUT2D eigenvalue weighted by Gasteiger charge is 2.10. The van der Waals surface area contributed by atoms with Gasteiger partial charge in [0.15, 0.2) is 0 Å². The van der Waals surface area contributed by atoms with Gasteiger partial charge in [0, 0.05) is 12.3 Å². The fraction of sp³-hybridized carbons (Fsp3) is 0.417. The number of hydrogen-bond donors (Lipinski definition) is 1. The number of aromatic nitrogens is 4. The second-order valence-corrected chi connectivity index (χ2v) is 5.36. The van der Waals surface area contributed by atoms with Crippen LogP contribution in [-0.4, -0.2) is 33.3 Å². The van der Waals surface area contributed by atoms with Crippen molar-refractivity contribution < 1.29 is 4.39 Å². The Morgan fingerprint density at radius 3 is 3.10 bits per heavy atom. The topological polar surface area (TPSA) is 55.6 Å². The number of rotatable bonds is 7. The van der Waals surface area contributed by atoms with Gasteiger partial charge in [0.1, 0.15) is 5.82 Å². The van der Waals surface area contributed by atoms with Crippen LogP contribution in [0.25, 0.3) is 0 Å². The summed E-state index contributed by atoms with van der Waals surface area (Å²) < 4.78 is 15.1. The predicted molar refractivity (Wildman–Crippen MR) is 77.3 cm³/mol. The summed E-state index contributed by atoms with van der Waals surface area (Å²) in [5.41, 5.74) is 0.734. The molecule has 0 aliphatic carbocycles. The number of halogens is 2. The van der Waals surface area contributed by atoms with Crippen molar-refractivity contribution in [1.82, 2.24) is 25.5 Å². The minimum absolute atomic E-state index is 0.159. The zero-order valence-electron chi connectivity index (χ0n) is 11.0. The van der Waals surface area contributed by atoms with Crippen LogP contribution in [0.4, 0.5) is 4.39 Å². The smallest absolute Gasteiger partial charge is 0.209 e. The van der Waals surface area contributed by atoms with Crippen molar-refractivity contribution in [1.29, 1.82) is 0 Å². The van der Waals surface area contributed by atoms with Crippen molar-refractivity contribution in [3.63, 3.8) is 0 Å². The lowest BCUT2D eigenvalue weighted by Gasteiger charge is -2.06. The standard InChI is InChI=1S/C12H15ClFN5S/c1-2-15-6-7-19-12(16-17-18-19)20-8-9-4-3-5-10(14)11(9)13/h3-5,15H,2,6-8H2,1H3. The van der Waals surface area contributed by atoms with Crippen LogP contribution in [0.1, 0.15) is 12.5 Å². The van der Waals surface area contributed by atoms with Crippen molar-refractivity contribution in [3.8, 4) is 0 Å². The molecule has 0 fully saturated rings. The lowest BCUT2D eigenvalue weighted by atomic mass is 10.2. The van der Waals surface area contributed by atoms with E-state index >= 15 is 0 Å². The molecule has 20 heavy (non-hydrogen) atoms. The molecule has 0 amide bonds. The van der Waals surface area contributed by atoms with Crippen molar-refractivity contribution in [3.05, 3.63) is 34.6 Å². The number of likely N-dealkylation sites (N-methyl/N-ethyl adjacent to an activating group) is 1. The zero-order valence-corrected chi connectivity index (χ0v) is 12.6. The van der Waals surface area contributed by atoms with E-state index < -0.39 is 5.82 Å². The van der Waals surface area contributed by atoms with Crippen LogP contribution >= 0.6 is 23.4 Å². The molecular weight excluding hydrogens is 301 g/mol. The third-order valence-corrected chi connectivity index (χ3v) is 4.07. The quantitative estimate of drug-likeness (QED) is 0.628. The molecule has 1 aromatic heterocycles. The molecule has 108 valence electrons. The summed E-state index contributed by atoms with van der Waals surface area (Å²) in [6, 6.07) is 4.79. The Labute approximate surface area is 125 Å². The first-order valence-corrected chi connectivity index (χ1v) is 7.61. The molecule has 1 aromatic carbocycles. The van der Waals surface area contributed by atoms with Gasteiger partial charge in [-0.25, -0.2) is 9.07 Å². The maximum absolute atomic E-state index is 13.3. The summed E-state index contributed by atoms with van der Waals surface area (Å²) in [4.78, 5) is 0. The Kier molecular flexibility index (Phi) is 5.75.